The van der Waals surface area contributed by atoms with Crippen LogP contribution in [0.3, 0.4) is 0 Å². The molecule has 6 aromatic heterocycles. The van der Waals surface area contributed by atoms with Crippen LogP contribution >= 0.6 is 0 Å². The minimum absolute atomic E-state index is 0.172. The zero-order valence-corrected chi connectivity index (χ0v) is 33.5. The first-order valence-corrected chi connectivity index (χ1v) is 21.0. The van der Waals surface area contributed by atoms with Crippen molar-refractivity contribution in [3.05, 3.63) is 121 Å². The molecule has 8 heteroatoms. The first kappa shape index (κ1) is 38.0. The van der Waals surface area contributed by atoms with Crippen LogP contribution in [-0.4, -0.2) is 41.6 Å². The van der Waals surface area contributed by atoms with Crippen LogP contribution in [0.5, 0.6) is 0 Å². The number of fused-ring (bicyclic) bond motifs is 6. The van der Waals surface area contributed by atoms with Crippen LogP contribution in [0, 0.1) is 0 Å². The summed E-state index contributed by atoms with van der Waals surface area (Å²) < 4.78 is 10.6. The third-order valence-electron chi connectivity index (χ3n) is 11.3. The molecule has 0 spiro atoms. The van der Waals surface area contributed by atoms with E-state index >= 15 is 0 Å². The molecule has 2 aromatic carbocycles. The molecule has 0 bridgehead atoms. The molecule has 0 saturated carbocycles. The van der Waals surface area contributed by atoms with Crippen molar-refractivity contribution in [2.75, 3.05) is 6.61 Å². The van der Waals surface area contributed by atoms with E-state index in [1.807, 2.05) is 49.8 Å². The highest BCUT2D eigenvalue weighted by Gasteiger charge is 2.29. The summed E-state index contributed by atoms with van der Waals surface area (Å²) in [5.41, 5.74) is 9.08. The Bertz CT molecular complexity index is 2630. The van der Waals surface area contributed by atoms with Crippen molar-refractivity contribution in [1.82, 2.24) is 29.1 Å². The maximum Gasteiger partial charge on any atom is 0.356 e. The molecule has 0 radical (unpaired) electrons. The second-order valence-electron chi connectivity index (χ2n) is 15.0. The lowest BCUT2D eigenvalue weighted by Crippen LogP contribution is -2.19. The van der Waals surface area contributed by atoms with Gasteiger partial charge in [0.15, 0.2) is 0 Å². The quantitative estimate of drug-likeness (QED) is 0.0679. The Balaban J connectivity index is 1.41. The number of esters is 1. The SMILES string of the molecule is CCCCCCCCCCCC(n1c2ccccc2c2cc(CC)nc(-c3cccnc3)c21)n1c2ccccc2c2cc(C(=O)OCC)nc(-c3cccnc3)c21. The van der Waals surface area contributed by atoms with E-state index in [2.05, 4.69) is 93.6 Å². The molecule has 57 heavy (non-hydrogen) atoms. The average Bonchev–Trinajstić information content (AvgIpc) is 3.77. The van der Waals surface area contributed by atoms with Gasteiger partial charge in [0, 0.05) is 63.2 Å². The van der Waals surface area contributed by atoms with Crippen LogP contribution in [0.15, 0.2) is 110 Å². The summed E-state index contributed by atoms with van der Waals surface area (Å²) in [4.78, 5) is 33.0. The molecule has 0 fully saturated rings. The summed E-state index contributed by atoms with van der Waals surface area (Å²) in [5, 5.41) is 4.40. The lowest BCUT2D eigenvalue weighted by Gasteiger charge is -2.27. The Morgan fingerprint density at radius 2 is 1.16 bits per heavy atom. The molecule has 0 aliphatic heterocycles. The number of pyridine rings is 4. The normalized spacial score (nSPS) is 12.3. The van der Waals surface area contributed by atoms with Crippen LogP contribution in [-0.2, 0) is 11.2 Å². The van der Waals surface area contributed by atoms with Gasteiger partial charge in [0.25, 0.3) is 0 Å². The molecule has 0 saturated heterocycles. The van der Waals surface area contributed by atoms with E-state index in [4.69, 9.17) is 14.7 Å². The number of hydrogen-bond donors (Lipinski definition) is 0. The van der Waals surface area contributed by atoms with Crippen LogP contribution in [0.25, 0.3) is 66.1 Å². The predicted octanol–water partition coefficient (Wildman–Crippen LogP) is 12.5. The molecule has 8 aromatic rings. The largest absolute Gasteiger partial charge is 0.461 e. The highest BCUT2D eigenvalue weighted by molar-refractivity contribution is 6.15. The van der Waals surface area contributed by atoms with Crippen molar-refractivity contribution in [3.8, 4) is 22.5 Å². The number of aryl methyl sites for hydroxylation is 1. The lowest BCUT2D eigenvalue weighted by atomic mass is 10.0. The molecule has 290 valence electrons. The molecular formula is C49H52N6O2. The Morgan fingerprint density at radius 3 is 1.70 bits per heavy atom. The van der Waals surface area contributed by atoms with Gasteiger partial charge in [0.1, 0.15) is 11.9 Å². The Morgan fingerprint density at radius 1 is 0.614 bits per heavy atom. The maximum absolute atomic E-state index is 13.4. The van der Waals surface area contributed by atoms with Gasteiger partial charge in [-0.25, -0.2) is 9.78 Å². The minimum atomic E-state index is -0.436. The van der Waals surface area contributed by atoms with Crippen molar-refractivity contribution in [2.24, 2.45) is 0 Å². The molecule has 0 N–H and O–H groups in total. The van der Waals surface area contributed by atoms with Gasteiger partial charge in [-0.1, -0.05) is 102 Å². The van der Waals surface area contributed by atoms with E-state index in [-0.39, 0.29) is 18.5 Å². The number of aromatic nitrogens is 6. The van der Waals surface area contributed by atoms with E-state index < -0.39 is 5.97 Å². The molecule has 8 rings (SSSR count). The number of benzene rings is 2. The second kappa shape index (κ2) is 17.5. The Kier molecular flexibility index (Phi) is 11.7. The third-order valence-corrected chi connectivity index (χ3v) is 11.3. The molecule has 8 nitrogen and oxygen atoms in total. The summed E-state index contributed by atoms with van der Waals surface area (Å²) in [5.74, 6) is -0.436. The highest BCUT2D eigenvalue weighted by Crippen LogP contribution is 2.44. The monoisotopic (exact) mass is 756 g/mol. The zero-order chi connectivity index (χ0) is 39.1. The predicted molar refractivity (Wildman–Crippen MR) is 233 cm³/mol. The lowest BCUT2D eigenvalue weighted by molar-refractivity contribution is 0.0520. The van der Waals surface area contributed by atoms with Crippen molar-refractivity contribution in [1.29, 1.82) is 0 Å². The number of carbonyl (C=O) groups excluding carboxylic acids is 1. The fourth-order valence-corrected chi connectivity index (χ4v) is 8.62. The number of rotatable bonds is 17. The smallest absolute Gasteiger partial charge is 0.356 e. The first-order chi connectivity index (χ1) is 28.1. The maximum atomic E-state index is 13.4. The molecule has 1 unspecified atom stereocenters. The Labute approximate surface area is 335 Å². The van der Waals surface area contributed by atoms with Crippen molar-refractivity contribution < 1.29 is 9.53 Å². The van der Waals surface area contributed by atoms with E-state index in [1.54, 1.807) is 6.20 Å². The Hall–Kier alpha value is -5.89. The summed E-state index contributed by atoms with van der Waals surface area (Å²) in [6, 6.07) is 29.6. The number of nitrogens with zero attached hydrogens (tertiary/aromatic N) is 6. The zero-order valence-electron chi connectivity index (χ0n) is 33.5. The van der Waals surface area contributed by atoms with Crippen LogP contribution in [0.1, 0.15) is 107 Å². The van der Waals surface area contributed by atoms with Gasteiger partial charge in [0.2, 0.25) is 0 Å². The van der Waals surface area contributed by atoms with Gasteiger partial charge in [-0.3, -0.25) is 15.0 Å². The van der Waals surface area contributed by atoms with Gasteiger partial charge in [-0.15, -0.1) is 0 Å². The molecular weight excluding hydrogens is 705 g/mol. The average molecular weight is 757 g/mol. The molecule has 0 aliphatic rings. The second-order valence-corrected chi connectivity index (χ2v) is 15.0. The summed E-state index contributed by atoms with van der Waals surface area (Å²) in [6.45, 7) is 6.54. The fraction of sp³-hybridized carbons (Fsp3) is 0.327. The van der Waals surface area contributed by atoms with Gasteiger partial charge in [0.05, 0.1) is 40.1 Å². The van der Waals surface area contributed by atoms with Crippen molar-refractivity contribution in [3.63, 3.8) is 0 Å². The molecule has 0 aliphatic carbocycles. The minimum Gasteiger partial charge on any atom is -0.461 e. The van der Waals surface area contributed by atoms with Gasteiger partial charge >= 0.3 is 5.97 Å². The standard InChI is InChI=1S/C49H52N6O2/c1-4-7-8-9-10-11-12-13-14-27-44(54-42-25-17-15-23-37(42)39-30-36(5-2)52-45(47(39)54)34-21-19-28-50-32-34)55-43-26-18-16-24-38(43)40-31-41(49(56)57-6-3)53-46(48(40)55)35-22-20-29-51-33-35/h15-26,28-33,44H,4-14,27H2,1-3H3. The summed E-state index contributed by atoms with van der Waals surface area (Å²) >= 11 is 0. The van der Waals surface area contributed by atoms with E-state index in [9.17, 15) is 4.79 Å². The highest BCUT2D eigenvalue weighted by atomic mass is 16.5. The molecule has 6 heterocycles. The molecule has 1 atom stereocenters. The van der Waals surface area contributed by atoms with E-state index in [0.717, 1.165) is 81.0 Å². The summed E-state index contributed by atoms with van der Waals surface area (Å²) in [7, 11) is 0. The van der Waals surface area contributed by atoms with Crippen LogP contribution in [0.2, 0.25) is 0 Å². The van der Waals surface area contributed by atoms with Gasteiger partial charge in [-0.2, -0.15) is 0 Å². The number of unbranched alkanes of at least 4 members (excludes halogenated alkanes) is 8. The fourth-order valence-electron chi connectivity index (χ4n) is 8.62. The van der Waals surface area contributed by atoms with E-state index in [0.29, 0.717) is 5.69 Å². The van der Waals surface area contributed by atoms with Crippen LogP contribution < -0.4 is 0 Å². The topological polar surface area (TPSA) is 87.7 Å². The van der Waals surface area contributed by atoms with Crippen molar-refractivity contribution >= 4 is 49.6 Å². The number of carbonyl (C=O) groups is 1. The van der Waals surface area contributed by atoms with Gasteiger partial charge < -0.3 is 13.9 Å². The number of para-hydroxylation sites is 2. The molecule has 0 amide bonds. The first-order valence-electron chi connectivity index (χ1n) is 21.0. The third kappa shape index (κ3) is 7.53. The summed E-state index contributed by atoms with van der Waals surface area (Å²) in [6.07, 6.45) is 20.1. The van der Waals surface area contributed by atoms with Crippen LogP contribution in [0.4, 0.5) is 0 Å². The number of hydrogen-bond acceptors (Lipinski definition) is 6. The van der Waals surface area contributed by atoms with E-state index in [1.165, 1.54) is 55.7 Å². The van der Waals surface area contributed by atoms with Crippen molar-refractivity contribution in [2.45, 2.75) is 97.6 Å². The number of ether oxygens (including phenoxy) is 1. The van der Waals surface area contributed by atoms with Gasteiger partial charge in [-0.05, 0) is 74.7 Å².